The molecule has 1 amide bonds. The van der Waals surface area contributed by atoms with Crippen LogP contribution in [0.1, 0.15) is 25.5 Å². The van der Waals surface area contributed by atoms with Gasteiger partial charge in [0, 0.05) is 19.1 Å². The van der Waals surface area contributed by atoms with Crippen LogP contribution in [0.5, 0.6) is 5.75 Å². The Balaban J connectivity index is 1.82. The topological polar surface area (TPSA) is 54.5 Å². The minimum absolute atomic E-state index is 0.0595. The quantitative estimate of drug-likeness (QED) is 0.803. The first-order chi connectivity index (χ1) is 9.24. The number of hydrogen-bond acceptors (Lipinski definition) is 4. The lowest BCUT2D eigenvalue weighted by Gasteiger charge is -2.20. The summed E-state index contributed by atoms with van der Waals surface area (Å²) in [4.78, 5) is 18.1. The number of likely N-dealkylation sites (N-methyl/N-ethyl adjacent to an activating group) is 1. The summed E-state index contributed by atoms with van der Waals surface area (Å²) in [6.07, 6.45) is 3.91. The van der Waals surface area contributed by atoms with Crippen molar-refractivity contribution in [3.63, 3.8) is 0 Å². The van der Waals surface area contributed by atoms with Crippen LogP contribution >= 0.6 is 0 Å². The zero-order valence-electron chi connectivity index (χ0n) is 11.6. The van der Waals surface area contributed by atoms with Crippen molar-refractivity contribution in [3.8, 4) is 5.75 Å². The van der Waals surface area contributed by atoms with Crippen molar-refractivity contribution >= 4 is 5.91 Å². The van der Waals surface area contributed by atoms with Crippen LogP contribution in [0.25, 0.3) is 0 Å². The Kier molecular flexibility index (Phi) is 4.74. The normalized spacial score (nSPS) is 14.2. The van der Waals surface area contributed by atoms with Gasteiger partial charge in [-0.05, 0) is 38.9 Å². The lowest BCUT2D eigenvalue weighted by Crippen LogP contribution is -2.36. The molecule has 1 aliphatic carbocycles. The van der Waals surface area contributed by atoms with E-state index in [1.807, 2.05) is 31.0 Å². The predicted octanol–water partition coefficient (Wildman–Crippen LogP) is 1.19. The van der Waals surface area contributed by atoms with Gasteiger partial charge in [0.05, 0.1) is 11.9 Å². The molecule has 5 nitrogen and oxygen atoms in total. The van der Waals surface area contributed by atoms with Gasteiger partial charge >= 0.3 is 0 Å². The molecule has 1 aliphatic rings. The lowest BCUT2D eigenvalue weighted by atomic mass is 10.3. The van der Waals surface area contributed by atoms with E-state index in [0.717, 1.165) is 31.6 Å². The van der Waals surface area contributed by atoms with Gasteiger partial charge in [0.1, 0.15) is 5.75 Å². The zero-order chi connectivity index (χ0) is 13.7. The first-order valence-electron chi connectivity index (χ1n) is 6.76. The molecular formula is C14H21N3O2. The third-order valence-electron chi connectivity index (χ3n) is 3.17. The van der Waals surface area contributed by atoms with E-state index in [-0.39, 0.29) is 12.5 Å². The van der Waals surface area contributed by atoms with E-state index in [1.54, 1.807) is 6.20 Å². The van der Waals surface area contributed by atoms with Gasteiger partial charge in [0.25, 0.3) is 5.91 Å². The second-order valence-corrected chi connectivity index (χ2v) is 4.72. The molecule has 0 aromatic carbocycles. The highest BCUT2D eigenvalue weighted by atomic mass is 16.5. The maximum Gasteiger partial charge on any atom is 0.260 e. The van der Waals surface area contributed by atoms with Crippen LogP contribution in [0.2, 0.25) is 0 Å². The van der Waals surface area contributed by atoms with E-state index in [9.17, 15) is 4.79 Å². The molecule has 0 atom stereocenters. The van der Waals surface area contributed by atoms with E-state index in [2.05, 4.69) is 10.3 Å². The second-order valence-electron chi connectivity index (χ2n) is 4.72. The molecule has 1 saturated carbocycles. The summed E-state index contributed by atoms with van der Waals surface area (Å²) in [7, 11) is 1.88. The molecule has 104 valence electrons. The smallest absolute Gasteiger partial charge is 0.260 e. The average molecular weight is 263 g/mol. The van der Waals surface area contributed by atoms with E-state index < -0.39 is 0 Å². The van der Waals surface area contributed by atoms with Crippen molar-refractivity contribution in [2.75, 3.05) is 20.2 Å². The van der Waals surface area contributed by atoms with Crippen LogP contribution < -0.4 is 10.1 Å². The van der Waals surface area contributed by atoms with Gasteiger partial charge in [-0.2, -0.15) is 0 Å². The number of pyridine rings is 1. The number of hydrogen-bond donors (Lipinski definition) is 1. The Morgan fingerprint density at radius 1 is 1.53 bits per heavy atom. The Morgan fingerprint density at radius 2 is 2.32 bits per heavy atom. The third kappa shape index (κ3) is 3.92. The van der Waals surface area contributed by atoms with Gasteiger partial charge in [0.2, 0.25) is 0 Å². The van der Waals surface area contributed by atoms with Crippen molar-refractivity contribution in [1.29, 1.82) is 0 Å². The SMILES string of the molecule is CCN(C(=O)COc1ccc(CNC)nc1)C1CC1. The molecule has 0 bridgehead atoms. The van der Waals surface area contributed by atoms with Gasteiger partial charge < -0.3 is 15.0 Å². The third-order valence-corrected chi connectivity index (χ3v) is 3.17. The zero-order valence-corrected chi connectivity index (χ0v) is 11.6. The molecule has 2 rings (SSSR count). The molecule has 0 aliphatic heterocycles. The van der Waals surface area contributed by atoms with Gasteiger partial charge in [-0.1, -0.05) is 0 Å². The summed E-state index contributed by atoms with van der Waals surface area (Å²) in [6, 6.07) is 4.19. The molecule has 0 spiro atoms. The molecule has 1 aromatic heterocycles. The minimum Gasteiger partial charge on any atom is -0.482 e. The molecule has 0 unspecified atom stereocenters. The van der Waals surface area contributed by atoms with Crippen LogP contribution in [0.15, 0.2) is 18.3 Å². The van der Waals surface area contributed by atoms with E-state index in [4.69, 9.17) is 4.74 Å². The number of rotatable bonds is 7. The molecule has 1 heterocycles. The van der Waals surface area contributed by atoms with Gasteiger partial charge in [-0.25, -0.2) is 0 Å². The number of ether oxygens (including phenoxy) is 1. The molecule has 0 saturated heterocycles. The largest absolute Gasteiger partial charge is 0.482 e. The molecule has 5 heteroatoms. The van der Waals surface area contributed by atoms with Crippen LogP contribution in [-0.2, 0) is 11.3 Å². The van der Waals surface area contributed by atoms with E-state index in [1.165, 1.54) is 0 Å². The van der Waals surface area contributed by atoms with Crippen LogP contribution in [0.4, 0.5) is 0 Å². The number of nitrogens with zero attached hydrogens (tertiary/aromatic N) is 2. The summed E-state index contributed by atoms with van der Waals surface area (Å²) in [5.74, 6) is 0.698. The fraction of sp³-hybridized carbons (Fsp3) is 0.571. The van der Waals surface area contributed by atoms with Crippen molar-refractivity contribution < 1.29 is 9.53 Å². The number of carbonyl (C=O) groups excluding carboxylic acids is 1. The molecule has 19 heavy (non-hydrogen) atoms. The summed E-state index contributed by atoms with van der Waals surface area (Å²) in [5, 5.41) is 3.03. The highest BCUT2D eigenvalue weighted by molar-refractivity contribution is 5.78. The Bertz CT molecular complexity index is 415. The summed E-state index contributed by atoms with van der Waals surface area (Å²) in [6.45, 7) is 3.58. The Labute approximate surface area is 114 Å². The summed E-state index contributed by atoms with van der Waals surface area (Å²) < 4.78 is 5.49. The van der Waals surface area contributed by atoms with Crippen molar-refractivity contribution in [1.82, 2.24) is 15.2 Å². The van der Waals surface area contributed by atoms with Crippen LogP contribution in [-0.4, -0.2) is 42.0 Å². The first-order valence-corrected chi connectivity index (χ1v) is 6.76. The number of carbonyl (C=O) groups is 1. The maximum absolute atomic E-state index is 12.0. The molecule has 1 N–H and O–H groups in total. The van der Waals surface area contributed by atoms with Gasteiger partial charge in [-0.15, -0.1) is 0 Å². The van der Waals surface area contributed by atoms with Crippen molar-refractivity contribution in [2.24, 2.45) is 0 Å². The molecule has 1 aromatic rings. The molecular weight excluding hydrogens is 242 g/mol. The summed E-state index contributed by atoms with van der Waals surface area (Å²) >= 11 is 0. The first kappa shape index (κ1) is 13.8. The fourth-order valence-electron chi connectivity index (χ4n) is 2.03. The average Bonchev–Trinajstić information content (AvgIpc) is 3.24. The number of aromatic nitrogens is 1. The second kappa shape index (κ2) is 6.52. The maximum atomic E-state index is 12.0. The van der Waals surface area contributed by atoms with Gasteiger partial charge in [0.15, 0.2) is 6.61 Å². The van der Waals surface area contributed by atoms with E-state index >= 15 is 0 Å². The van der Waals surface area contributed by atoms with Crippen LogP contribution in [0, 0.1) is 0 Å². The lowest BCUT2D eigenvalue weighted by molar-refractivity contribution is -0.133. The number of nitrogens with one attached hydrogen (secondary N) is 1. The highest BCUT2D eigenvalue weighted by Crippen LogP contribution is 2.26. The van der Waals surface area contributed by atoms with Crippen molar-refractivity contribution in [2.45, 2.75) is 32.4 Å². The monoisotopic (exact) mass is 263 g/mol. The Morgan fingerprint density at radius 3 is 2.84 bits per heavy atom. The van der Waals surface area contributed by atoms with Crippen LogP contribution in [0.3, 0.4) is 0 Å². The highest BCUT2D eigenvalue weighted by Gasteiger charge is 2.31. The molecule has 0 radical (unpaired) electrons. The predicted molar refractivity (Wildman–Crippen MR) is 72.9 cm³/mol. The Hall–Kier alpha value is -1.62. The number of amides is 1. The fourth-order valence-corrected chi connectivity index (χ4v) is 2.03. The standard InChI is InChI=1S/C14H21N3O2/c1-3-17(12-5-6-12)14(18)10-19-13-7-4-11(8-15-2)16-9-13/h4,7,9,12,15H,3,5-6,8,10H2,1-2H3. The summed E-state index contributed by atoms with van der Waals surface area (Å²) in [5.41, 5.74) is 0.953. The minimum atomic E-state index is 0.0595. The molecule has 1 fully saturated rings. The van der Waals surface area contributed by atoms with Crippen molar-refractivity contribution in [3.05, 3.63) is 24.0 Å². The van der Waals surface area contributed by atoms with Gasteiger partial charge in [-0.3, -0.25) is 9.78 Å². The van der Waals surface area contributed by atoms with E-state index in [0.29, 0.717) is 11.8 Å².